The van der Waals surface area contributed by atoms with E-state index >= 15 is 0 Å². The van der Waals surface area contributed by atoms with Gasteiger partial charge in [0.2, 0.25) is 5.95 Å². The molecule has 0 unspecified atom stereocenters. The summed E-state index contributed by atoms with van der Waals surface area (Å²) in [5.41, 5.74) is 1.27. The number of ether oxygens (including phenoxy) is 2. The fourth-order valence-corrected chi connectivity index (χ4v) is 2.77. The van der Waals surface area contributed by atoms with Crippen LogP contribution >= 0.6 is 0 Å². The second-order valence-corrected chi connectivity index (χ2v) is 7.02. The highest BCUT2D eigenvalue weighted by atomic mass is 19.4. The van der Waals surface area contributed by atoms with Gasteiger partial charge in [-0.15, -0.1) is 13.2 Å². The molecule has 0 aliphatic heterocycles. The molecule has 6 nitrogen and oxygen atoms in total. The SMILES string of the molecule is CC[C@@H](C)Nc1nc(Nc2ccc(OC(F)F)cc2)cc(-c2cccc(OC(F)(F)F)c2)n1. The molecule has 3 rings (SSSR count). The lowest BCUT2D eigenvalue weighted by Gasteiger charge is -2.15. The summed E-state index contributed by atoms with van der Waals surface area (Å²) < 4.78 is 70.8. The Hall–Kier alpha value is -3.63. The summed E-state index contributed by atoms with van der Waals surface area (Å²) >= 11 is 0. The van der Waals surface area contributed by atoms with Crippen LogP contribution in [0.2, 0.25) is 0 Å². The predicted molar refractivity (Wildman–Crippen MR) is 114 cm³/mol. The van der Waals surface area contributed by atoms with Crippen LogP contribution in [0, 0.1) is 0 Å². The van der Waals surface area contributed by atoms with E-state index in [9.17, 15) is 22.0 Å². The zero-order valence-electron chi connectivity index (χ0n) is 17.7. The third-order valence-corrected chi connectivity index (χ3v) is 4.43. The Morgan fingerprint density at radius 3 is 2.33 bits per heavy atom. The molecule has 1 atom stereocenters. The van der Waals surface area contributed by atoms with Crippen molar-refractivity contribution in [2.24, 2.45) is 0 Å². The van der Waals surface area contributed by atoms with Crippen molar-refractivity contribution in [3.8, 4) is 22.8 Å². The first-order chi connectivity index (χ1) is 15.6. The first kappa shape index (κ1) is 24.0. The van der Waals surface area contributed by atoms with Crippen LogP contribution < -0.4 is 20.1 Å². The Morgan fingerprint density at radius 1 is 0.970 bits per heavy atom. The van der Waals surface area contributed by atoms with Gasteiger partial charge < -0.3 is 20.1 Å². The molecule has 0 radical (unpaired) electrons. The Kier molecular flexibility index (Phi) is 7.52. The molecule has 2 N–H and O–H groups in total. The van der Waals surface area contributed by atoms with E-state index < -0.39 is 13.0 Å². The number of hydrogen-bond donors (Lipinski definition) is 2. The van der Waals surface area contributed by atoms with Crippen molar-refractivity contribution >= 4 is 17.5 Å². The molecule has 0 aliphatic rings. The second kappa shape index (κ2) is 10.3. The number of benzene rings is 2. The van der Waals surface area contributed by atoms with Crippen LogP contribution in [0.4, 0.5) is 39.4 Å². The van der Waals surface area contributed by atoms with Gasteiger partial charge in [0.15, 0.2) is 0 Å². The van der Waals surface area contributed by atoms with E-state index in [1.54, 1.807) is 12.1 Å². The van der Waals surface area contributed by atoms with E-state index in [4.69, 9.17) is 0 Å². The molecule has 0 saturated carbocycles. The van der Waals surface area contributed by atoms with E-state index in [1.165, 1.54) is 42.5 Å². The summed E-state index contributed by atoms with van der Waals surface area (Å²) in [6.45, 7) is 0.976. The van der Waals surface area contributed by atoms with Gasteiger partial charge in [-0.05, 0) is 49.7 Å². The smallest absolute Gasteiger partial charge is 0.435 e. The number of hydrogen-bond acceptors (Lipinski definition) is 6. The van der Waals surface area contributed by atoms with Crippen LogP contribution in [0.1, 0.15) is 20.3 Å². The fourth-order valence-electron chi connectivity index (χ4n) is 2.77. The van der Waals surface area contributed by atoms with Gasteiger partial charge in [-0.3, -0.25) is 0 Å². The lowest BCUT2D eigenvalue weighted by Crippen LogP contribution is -2.17. The Bertz CT molecular complexity index is 1060. The largest absolute Gasteiger partial charge is 0.573 e. The molecule has 2 aromatic carbocycles. The maximum atomic E-state index is 12.6. The van der Waals surface area contributed by atoms with Crippen molar-refractivity contribution in [1.29, 1.82) is 0 Å². The molecule has 0 spiro atoms. The minimum atomic E-state index is -4.82. The van der Waals surface area contributed by atoms with Crippen LogP contribution in [0.15, 0.2) is 54.6 Å². The van der Waals surface area contributed by atoms with Gasteiger partial charge in [0, 0.05) is 23.4 Å². The molecule has 176 valence electrons. The van der Waals surface area contributed by atoms with Crippen LogP contribution in [-0.2, 0) is 0 Å². The van der Waals surface area contributed by atoms with E-state index in [1.807, 2.05) is 13.8 Å². The van der Waals surface area contributed by atoms with Crippen molar-refractivity contribution in [2.75, 3.05) is 10.6 Å². The molecule has 0 bridgehead atoms. The lowest BCUT2D eigenvalue weighted by molar-refractivity contribution is -0.274. The van der Waals surface area contributed by atoms with Crippen LogP contribution in [0.25, 0.3) is 11.3 Å². The van der Waals surface area contributed by atoms with Crippen LogP contribution in [0.5, 0.6) is 11.5 Å². The van der Waals surface area contributed by atoms with Crippen molar-refractivity contribution in [2.45, 2.75) is 39.3 Å². The number of aromatic nitrogens is 2. The van der Waals surface area contributed by atoms with Gasteiger partial charge in [0.05, 0.1) is 5.69 Å². The second-order valence-electron chi connectivity index (χ2n) is 7.02. The first-order valence-electron chi connectivity index (χ1n) is 9.95. The summed E-state index contributed by atoms with van der Waals surface area (Å²) in [5.74, 6) is 0.235. The number of alkyl halides is 5. The van der Waals surface area contributed by atoms with Crippen LogP contribution in [-0.4, -0.2) is 29.0 Å². The van der Waals surface area contributed by atoms with Gasteiger partial charge in [-0.2, -0.15) is 13.8 Å². The van der Waals surface area contributed by atoms with Crippen molar-refractivity contribution in [3.05, 3.63) is 54.6 Å². The molecule has 1 heterocycles. The summed E-state index contributed by atoms with van der Waals surface area (Å²) in [6, 6.07) is 12.8. The highest BCUT2D eigenvalue weighted by Crippen LogP contribution is 2.30. The highest BCUT2D eigenvalue weighted by molar-refractivity contribution is 5.68. The maximum absolute atomic E-state index is 12.6. The fraction of sp³-hybridized carbons (Fsp3) is 0.273. The lowest BCUT2D eigenvalue weighted by atomic mass is 10.1. The summed E-state index contributed by atoms with van der Waals surface area (Å²) in [7, 11) is 0. The topological polar surface area (TPSA) is 68.3 Å². The van der Waals surface area contributed by atoms with E-state index in [0.29, 0.717) is 22.8 Å². The third kappa shape index (κ3) is 7.48. The molecule has 11 heteroatoms. The van der Waals surface area contributed by atoms with Gasteiger partial charge in [0.1, 0.15) is 17.3 Å². The molecular weight excluding hydrogens is 447 g/mol. The van der Waals surface area contributed by atoms with Gasteiger partial charge in [-0.25, -0.2) is 4.98 Å². The molecule has 0 saturated heterocycles. The molecule has 33 heavy (non-hydrogen) atoms. The summed E-state index contributed by atoms with van der Waals surface area (Å²) in [6.07, 6.45) is -4.03. The minimum absolute atomic E-state index is 0.000433. The Morgan fingerprint density at radius 2 is 1.70 bits per heavy atom. The molecule has 3 aromatic rings. The van der Waals surface area contributed by atoms with Gasteiger partial charge in [0.25, 0.3) is 0 Å². The van der Waals surface area contributed by atoms with Crippen molar-refractivity contribution < 1.29 is 31.4 Å². The zero-order valence-corrected chi connectivity index (χ0v) is 17.7. The molecule has 0 fully saturated rings. The molecule has 0 aliphatic carbocycles. The monoisotopic (exact) mass is 468 g/mol. The number of anilines is 3. The third-order valence-electron chi connectivity index (χ3n) is 4.43. The molecular formula is C22H21F5N4O2. The normalized spacial score (nSPS) is 12.4. The van der Waals surface area contributed by atoms with Crippen molar-refractivity contribution in [1.82, 2.24) is 9.97 Å². The maximum Gasteiger partial charge on any atom is 0.573 e. The average Bonchev–Trinajstić information content (AvgIpc) is 2.73. The molecule has 0 amide bonds. The quantitative estimate of drug-likeness (QED) is 0.345. The number of nitrogens with zero attached hydrogens (tertiary/aromatic N) is 2. The standard InChI is InChI=1S/C22H21F5N4O2/c1-3-13(2)28-21-30-18(14-5-4-6-17(11-14)33-22(25,26)27)12-19(31-21)29-15-7-9-16(10-8-15)32-20(23)24/h4-13,20H,3H2,1-2H3,(H2,28,29,30,31)/t13-/m1/s1. The minimum Gasteiger partial charge on any atom is -0.435 e. The van der Waals surface area contributed by atoms with E-state index in [2.05, 4.69) is 30.1 Å². The Labute approximate surface area is 186 Å². The summed E-state index contributed by atoms with van der Waals surface area (Å²) in [5, 5.41) is 6.17. The van der Waals surface area contributed by atoms with E-state index in [0.717, 1.165) is 6.42 Å². The number of halogens is 5. The van der Waals surface area contributed by atoms with Crippen molar-refractivity contribution in [3.63, 3.8) is 0 Å². The first-order valence-corrected chi connectivity index (χ1v) is 9.95. The molecule has 1 aromatic heterocycles. The predicted octanol–water partition coefficient (Wildman–Crippen LogP) is 6.60. The number of rotatable bonds is 9. The number of nitrogens with one attached hydrogen (secondary N) is 2. The van der Waals surface area contributed by atoms with E-state index in [-0.39, 0.29) is 23.5 Å². The van der Waals surface area contributed by atoms with Gasteiger partial charge in [-0.1, -0.05) is 19.1 Å². The van der Waals surface area contributed by atoms with Crippen LogP contribution in [0.3, 0.4) is 0 Å². The average molecular weight is 468 g/mol. The van der Waals surface area contributed by atoms with Gasteiger partial charge >= 0.3 is 13.0 Å². The summed E-state index contributed by atoms with van der Waals surface area (Å²) in [4.78, 5) is 8.81. The highest BCUT2D eigenvalue weighted by Gasteiger charge is 2.31. The zero-order chi connectivity index (χ0) is 24.0. The Balaban J connectivity index is 1.92.